The van der Waals surface area contributed by atoms with Crippen molar-refractivity contribution >= 4 is 5.91 Å². The third kappa shape index (κ3) is 3.45. The van der Waals surface area contributed by atoms with Crippen LogP contribution in [0.1, 0.15) is 39.0 Å². The van der Waals surface area contributed by atoms with Gasteiger partial charge in [-0.05, 0) is 80.0 Å². The van der Waals surface area contributed by atoms with Gasteiger partial charge in [0.1, 0.15) is 5.75 Å². The molecule has 1 unspecified atom stereocenters. The fraction of sp³-hybridized carbons (Fsp3) is 0.381. The number of benzene rings is 2. The van der Waals surface area contributed by atoms with E-state index in [0.29, 0.717) is 11.7 Å². The van der Waals surface area contributed by atoms with Crippen molar-refractivity contribution in [3.63, 3.8) is 0 Å². The Morgan fingerprint density at radius 3 is 2.46 bits per heavy atom. The van der Waals surface area contributed by atoms with Crippen molar-refractivity contribution in [2.24, 2.45) is 5.92 Å². The smallest absolute Gasteiger partial charge is 0.254 e. The Balaban J connectivity index is 1.68. The number of carbonyl (C=O) groups excluding carboxylic acids is 1. The second-order valence-electron chi connectivity index (χ2n) is 7.03. The molecule has 0 saturated carbocycles. The summed E-state index contributed by atoms with van der Waals surface area (Å²) in [4.78, 5) is 14.9. The number of phenols is 1. The number of aromatic hydroxyl groups is 1. The first-order chi connectivity index (χ1) is 11.4. The molecule has 2 aromatic rings. The highest BCUT2D eigenvalue weighted by Gasteiger charge is 2.27. The lowest BCUT2D eigenvalue weighted by atomic mass is 9.98. The SMILES string of the molecule is Cc1cc(C)c(C(=O)N2CCC(Cc3ccc(O)cc3)C2)cc1C. The minimum Gasteiger partial charge on any atom is -0.508 e. The van der Waals surface area contributed by atoms with Crippen LogP contribution in [0.5, 0.6) is 5.75 Å². The van der Waals surface area contributed by atoms with E-state index in [0.717, 1.165) is 37.1 Å². The van der Waals surface area contributed by atoms with Crippen LogP contribution in [0.25, 0.3) is 0 Å². The molecule has 0 radical (unpaired) electrons. The highest BCUT2D eigenvalue weighted by atomic mass is 16.3. The van der Waals surface area contributed by atoms with Gasteiger partial charge in [-0.25, -0.2) is 0 Å². The number of phenolic OH excluding ortho intramolecular Hbond substituents is 1. The Labute approximate surface area is 143 Å². The van der Waals surface area contributed by atoms with E-state index >= 15 is 0 Å². The molecule has 1 heterocycles. The molecule has 1 amide bonds. The molecule has 0 aliphatic carbocycles. The van der Waals surface area contributed by atoms with Gasteiger partial charge < -0.3 is 10.0 Å². The second-order valence-corrected chi connectivity index (χ2v) is 7.03. The number of hydrogen-bond acceptors (Lipinski definition) is 2. The van der Waals surface area contributed by atoms with E-state index < -0.39 is 0 Å². The molecule has 126 valence electrons. The third-order valence-electron chi connectivity index (χ3n) is 5.10. The zero-order valence-electron chi connectivity index (χ0n) is 14.7. The topological polar surface area (TPSA) is 40.5 Å². The maximum Gasteiger partial charge on any atom is 0.254 e. The second kappa shape index (κ2) is 6.68. The molecule has 24 heavy (non-hydrogen) atoms. The van der Waals surface area contributed by atoms with E-state index in [-0.39, 0.29) is 5.91 Å². The van der Waals surface area contributed by atoms with E-state index in [9.17, 15) is 9.90 Å². The Morgan fingerprint density at radius 1 is 1.08 bits per heavy atom. The van der Waals surface area contributed by atoms with Crippen molar-refractivity contribution in [3.8, 4) is 5.75 Å². The van der Waals surface area contributed by atoms with Crippen LogP contribution in [0.4, 0.5) is 0 Å². The van der Waals surface area contributed by atoms with Gasteiger partial charge in [-0.15, -0.1) is 0 Å². The van der Waals surface area contributed by atoms with E-state index in [1.165, 1.54) is 16.7 Å². The summed E-state index contributed by atoms with van der Waals surface area (Å²) < 4.78 is 0. The van der Waals surface area contributed by atoms with E-state index in [1.54, 1.807) is 12.1 Å². The lowest BCUT2D eigenvalue weighted by Crippen LogP contribution is -2.29. The highest BCUT2D eigenvalue weighted by molar-refractivity contribution is 5.96. The van der Waals surface area contributed by atoms with Crippen molar-refractivity contribution in [2.45, 2.75) is 33.6 Å². The quantitative estimate of drug-likeness (QED) is 0.926. The van der Waals surface area contributed by atoms with Crippen LogP contribution in [-0.2, 0) is 6.42 Å². The van der Waals surface area contributed by atoms with Gasteiger partial charge in [0.05, 0.1) is 0 Å². The minimum atomic E-state index is 0.156. The molecule has 2 aromatic carbocycles. The summed E-state index contributed by atoms with van der Waals surface area (Å²) in [5.74, 6) is 0.946. The molecular weight excluding hydrogens is 298 g/mol. The molecule has 1 fully saturated rings. The van der Waals surface area contributed by atoms with Gasteiger partial charge in [-0.2, -0.15) is 0 Å². The number of likely N-dealkylation sites (tertiary alicyclic amines) is 1. The van der Waals surface area contributed by atoms with E-state index in [2.05, 4.69) is 19.9 Å². The number of hydrogen-bond donors (Lipinski definition) is 1. The van der Waals surface area contributed by atoms with Gasteiger partial charge >= 0.3 is 0 Å². The number of rotatable bonds is 3. The lowest BCUT2D eigenvalue weighted by molar-refractivity contribution is 0.0786. The maximum absolute atomic E-state index is 12.9. The Morgan fingerprint density at radius 2 is 1.75 bits per heavy atom. The summed E-state index contributed by atoms with van der Waals surface area (Å²) in [6.07, 6.45) is 1.99. The van der Waals surface area contributed by atoms with Gasteiger partial charge in [-0.1, -0.05) is 18.2 Å². The first kappa shape index (κ1) is 16.6. The van der Waals surface area contributed by atoms with Gasteiger partial charge in [0, 0.05) is 18.7 Å². The highest BCUT2D eigenvalue weighted by Crippen LogP contribution is 2.25. The minimum absolute atomic E-state index is 0.156. The molecule has 1 saturated heterocycles. The summed E-state index contributed by atoms with van der Waals surface area (Å²) in [6, 6.07) is 11.5. The first-order valence-electron chi connectivity index (χ1n) is 8.59. The number of nitrogens with zero attached hydrogens (tertiary/aromatic N) is 1. The van der Waals surface area contributed by atoms with Crippen LogP contribution < -0.4 is 0 Å². The third-order valence-corrected chi connectivity index (χ3v) is 5.10. The molecular formula is C21H25NO2. The Hall–Kier alpha value is -2.29. The molecule has 1 aliphatic heterocycles. The molecule has 0 aromatic heterocycles. The molecule has 0 bridgehead atoms. The van der Waals surface area contributed by atoms with Crippen LogP contribution in [0.3, 0.4) is 0 Å². The van der Waals surface area contributed by atoms with Gasteiger partial charge in [0.15, 0.2) is 0 Å². The zero-order valence-corrected chi connectivity index (χ0v) is 14.7. The summed E-state index contributed by atoms with van der Waals surface area (Å²) in [5.41, 5.74) is 5.52. The molecule has 1 aliphatic rings. The average molecular weight is 323 g/mol. The van der Waals surface area contributed by atoms with Gasteiger partial charge in [0.2, 0.25) is 0 Å². The van der Waals surface area contributed by atoms with Gasteiger partial charge in [-0.3, -0.25) is 4.79 Å². The largest absolute Gasteiger partial charge is 0.508 e. The fourth-order valence-corrected chi connectivity index (χ4v) is 3.51. The maximum atomic E-state index is 12.9. The first-order valence-corrected chi connectivity index (χ1v) is 8.59. The van der Waals surface area contributed by atoms with Crippen LogP contribution >= 0.6 is 0 Å². The predicted molar refractivity (Wildman–Crippen MR) is 96.5 cm³/mol. The molecule has 3 rings (SSSR count). The summed E-state index contributed by atoms with van der Waals surface area (Å²) >= 11 is 0. The van der Waals surface area contributed by atoms with Crippen molar-refractivity contribution in [1.82, 2.24) is 4.90 Å². The van der Waals surface area contributed by atoms with Crippen LogP contribution in [-0.4, -0.2) is 29.0 Å². The summed E-state index contributed by atoms with van der Waals surface area (Å²) in [7, 11) is 0. The Kier molecular flexibility index (Phi) is 4.61. The average Bonchev–Trinajstić information content (AvgIpc) is 3.01. The predicted octanol–water partition coefficient (Wildman–Crippen LogP) is 4.02. The van der Waals surface area contributed by atoms with E-state index in [1.807, 2.05) is 30.0 Å². The zero-order chi connectivity index (χ0) is 17.3. The summed E-state index contributed by atoms with van der Waals surface area (Å²) in [5, 5.41) is 9.37. The monoisotopic (exact) mass is 323 g/mol. The number of amides is 1. The molecule has 1 N–H and O–H groups in total. The van der Waals surface area contributed by atoms with Crippen molar-refractivity contribution < 1.29 is 9.90 Å². The standard InChI is InChI=1S/C21H25NO2/c1-14-10-16(3)20(11-15(14)2)21(24)22-9-8-18(13-22)12-17-4-6-19(23)7-5-17/h4-7,10-11,18,23H,8-9,12-13H2,1-3H3. The number of carbonyl (C=O) groups is 1. The normalized spacial score (nSPS) is 17.3. The molecule has 1 atom stereocenters. The van der Waals surface area contributed by atoms with Gasteiger partial charge in [0.25, 0.3) is 5.91 Å². The van der Waals surface area contributed by atoms with Crippen molar-refractivity contribution in [1.29, 1.82) is 0 Å². The fourth-order valence-electron chi connectivity index (χ4n) is 3.51. The molecule has 3 nitrogen and oxygen atoms in total. The molecule has 0 spiro atoms. The van der Waals surface area contributed by atoms with Crippen LogP contribution in [0.15, 0.2) is 36.4 Å². The van der Waals surface area contributed by atoms with Crippen molar-refractivity contribution in [2.75, 3.05) is 13.1 Å². The summed E-state index contributed by atoms with van der Waals surface area (Å²) in [6.45, 7) is 7.80. The van der Waals surface area contributed by atoms with E-state index in [4.69, 9.17) is 0 Å². The number of aryl methyl sites for hydroxylation is 3. The lowest BCUT2D eigenvalue weighted by Gasteiger charge is -2.19. The van der Waals surface area contributed by atoms with Crippen LogP contribution in [0, 0.1) is 26.7 Å². The van der Waals surface area contributed by atoms with Crippen LogP contribution in [0.2, 0.25) is 0 Å². The van der Waals surface area contributed by atoms with Crippen molar-refractivity contribution in [3.05, 3.63) is 64.2 Å². The Bertz CT molecular complexity index is 749. The molecule has 3 heteroatoms.